The predicted octanol–water partition coefficient (Wildman–Crippen LogP) is 4.12. The lowest BCUT2D eigenvalue weighted by molar-refractivity contribution is -0.136. The van der Waals surface area contributed by atoms with Crippen LogP contribution in [0.4, 0.5) is 0 Å². The van der Waals surface area contributed by atoms with Gasteiger partial charge in [-0.05, 0) is 54.1 Å². The van der Waals surface area contributed by atoms with Crippen LogP contribution in [0, 0.1) is 11.3 Å². The standard InChI is InChI=1S/C22H17NO4/c23-14-17-6-8-21(9-7-17)27-22(24)16-26-20-12-10-19(11-13-20)25-15-18-4-2-1-3-5-18/h1-13H,15-16H2. The third-order valence-electron chi connectivity index (χ3n) is 3.64. The molecule has 5 heteroatoms. The van der Waals surface area contributed by atoms with Crippen LogP contribution < -0.4 is 14.2 Å². The lowest BCUT2D eigenvalue weighted by atomic mass is 10.2. The Morgan fingerprint density at radius 1 is 0.778 bits per heavy atom. The van der Waals surface area contributed by atoms with Gasteiger partial charge in [0.15, 0.2) is 6.61 Å². The molecule has 0 fully saturated rings. The van der Waals surface area contributed by atoms with Crippen molar-refractivity contribution in [2.75, 3.05) is 6.61 Å². The van der Waals surface area contributed by atoms with Gasteiger partial charge >= 0.3 is 5.97 Å². The Balaban J connectivity index is 1.45. The minimum atomic E-state index is -0.524. The molecule has 5 nitrogen and oxygen atoms in total. The average Bonchev–Trinajstić information content (AvgIpc) is 2.73. The van der Waals surface area contributed by atoms with E-state index in [0.717, 1.165) is 5.56 Å². The fraction of sp³-hybridized carbons (Fsp3) is 0.0909. The number of carbonyl (C=O) groups excluding carboxylic acids is 1. The molecular weight excluding hydrogens is 342 g/mol. The maximum absolute atomic E-state index is 11.8. The van der Waals surface area contributed by atoms with Crippen LogP contribution in [0.25, 0.3) is 0 Å². The summed E-state index contributed by atoms with van der Waals surface area (Å²) < 4.78 is 16.3. The van der Waals surface area contributed by atoms with E-state index < -0.39 is 5.97 Å². The zero-order valence-corrected chi connectivity index (χ0v) is 14.5. The van der Waals surface area contributed by atoms with Gasteiger partial charge in [0, 0.05) is 0 Å². The van der Waals surface area contributed by atoms with E-state index in [1.165, 1.54) is 0 Å². The van der Waals surface area contributed by atoms with Gasteiger partial charge in [0.05, 0.1) is 11.6 Å². The topological polar surface area (TPSA) is 68.5 Å². The maximum atomic E-state index is 11.8. The maximum Gasteiger partial charge on any atom is 0.349 e. The molecule has 0 atom stereocenters. The predicted molar refractivity (Wildman–Crippen MR) is 99.5 cm³/mol. The van der Waals surface area contributed by atoms with Crippen LogP contribution >= 0.6 is 0 Å². The van der Waals surface area contributed by atoms with Gasteiger partial charge in [0.2, 0.25) is 0 Å². The number of hydrogen-bond acceptors (Lipinski definition) is 5. The van der Waals surface area contributed by atoms with Crippen LogP contribution in [0.3, 0.4) is 0 Å². The number of esters is 1. The van der Waals surface area contributed by atoms with Gasteiger partial charge in [0.25, 0.3) is 0 Å². The molecule has 0 radical (unpaired) electrons. The molecule has 3 rings (SSSR count). The van der Waals surface area contributed by atoms with Crippen LogP contribution in [0.1, 0.15) is 11.1 Å². The SMILES string of the molecule is N#Cc1ccc(OC(=O)COc2ccc(OCc3ccccc3)cc2)cc1. The summed E-state index contributed by atoms with van der Waals surface area (Å²) in [5, 5.41) is 8.75. The first-order valence-corrected chi connectivity index (χ1v) is 8.33. The van der Waals surface area contributed by atoms with Gasteiger partial charge in [-0.25, -0.2) is 4.79 Å². The zero-order valence-electron chi connectivity index (χ0n) is 14.5. The highest BCUT2D eigenvalue weighted by atomic mass is 16.6. The van der Waals surface area contributed by atoms with Gasteiger partial charge in [0.1, 0.15) is 23.9 Å². The van der Waals surface area contributed by atoms with Gasteiger partial charge in [-0.2, -0.15) is 5.26 Å². The minimum absolute atomic E-state index is 0.218. The Hall–Kier alpha value is -3.78. The number of ether oxygens (including phenoxy) is 3. The zero-order chi connectivity index (χ0) is 18.9. The Morgan fingerprint density at radius 3 is 2.00 bits per heavy atom. The Morgan fingerprint density at radius 2 is 1.37 bits per heavy atom. The van der Waals surface area contributed by atoms with Crippen molar-refractivity contribution in [2.24, 2.45) is 0 Å². The van der Waals surface area contributed by atoms with E-state index in [9.17, 15) is 4.79 Å². The molecule has 0 N–H and O–H groups in total. The van der Waals surface area contributed by atoms with Crippen molar-refractivity contribution in [3.05, 3.63) is 90.0 Å². The summed E-state index contributed by atoms with van der Waals surface area (Å²) in [6, 6.07) is 25.2. The molecule has 27 heavy (non-hydrogen) atoms. The van der Waals surface area contributed by atoms with Gasteiger partial charge in [-0.3, -0.25) is 0 Å². The van der Waals surface area contributed by atoms with Crippen molar-refractivity contribution in [3.8, 4) is 23.3 Å². The van der Waals surface area contributed by atoms with Crippen LogP contribution in [0.5, 0.6) is 17.2 Å². The smallest absolute Gasteiger partial charge is 0.349 e. The summed E-state index contributed by atoms with van der Waals surface area (Å²) in [4.78, 5) is 11.8. The molecule has 0 amide bonds. The Labute approximate surface area is 157 Å². The molecule has 0 aliphatic heterocycles. The second-order valence-corrected chi connectivity index (χ2v) is 5.64. The minimum Gasteiger partial charge on any atom is -0.489 e. The molecule has 134 valence electrons. The Kier molecular flexibility index (Phi) is 6.05. The van der Waals surface area contributed by atoms with Crippen molar-refractivity contribution >= 4 is 5.97 Å². The molecule has 0 saturated heterocycles. The second kappa shape index (κ2) is 9.07. The van der Waals surface area contributed by atoms with Crippen LogP contribution in [0.2, 0.25) is 0 Å². The van der Waals surface area contributed by atoms with Crippen LogP contribution in [-0.4, -0.2) is 12.6 Å². The molecule has 0 unspecified atom stereocenters. The summed E-state index contributed by atoms with van der Waals surface area (Å²) in [6.07, 6.45) is 0. The first-order chi connectivity index (χ1) is 13.2. The number of rotatable bonds is 7. The average molecular weight is 359 g/mol. The van der Waals surface area contributed by atoms with E-state index in [2.05, 4.69) is 0 Å². The summed E-state index contributed by atoms with van der Waals surface area (Å²) in [5.41, 5.74) is 1.59. The largest absolute Gasteiger partial charge is 0.489 e. The summed E-state index contributed by atoms with van der Waals surface area (Å²) in [5.74, 6) is 1.10. The van der Waals surface area contributed by atoms with Gasteiger partial charge < -0.3 is 14.2 Å². The Bertz CT molecular complexity index is 913. The van der Waals surface area contributed by atoms with E-state index >= 15 is 0 Å². The highest BCUT2D eigenvalue weighted by Gasteiger charge is 2.07. The molecule has 3 aromatic carbocycles. The molecule has 3 aromatic rings. The van der Waals surface area contributed by atoms with E-state index in [4.69, 9.17) is 19.5 Å². The number of hydrogen-bond donors (Lipinski definition) is 0. The number of carbonyl (C=O) groups is 1. The second-order valence-electron chi connectivity index (χ2n) is 5.64. The van der Waals surface area contributed by atoms with Crippen LogP contribution in [0.15, 0.2) is 78.9 Å². The van der Waals surface area contributed by atoms with Crippen molar-refractivity contribution in [2.45, 2.75) is 6.61 Å². The lowest BCUT2D eigenvalue weighted by Crippen LogP contribution is -2.17. The number of nitriles is 1. The molecular formula is C22H17NO4. The van der Waals surface area contributed by atoms with Gasteiger partial charge in [-0.15, -0.1) is 0 Å². The third-order valence-corrected chi connectivity index (χ3v) is 3.64. The van der Waals surface area contributed by atoms with Crippen molar-refractivity contribution < 1.29 is 19.0 Å². The van der Waals surface area contributed by atoms with E-state index in [1.54, 1.807) is 48.5 Å². The first-order valence-electron chi connectivity index (χ1n) is 8.33. The molecule has 0 aromatic heterocycles. The van der Waals surface area contributed by atoms with Gasteiger partial charge in [-0.1, -0.05) is 30.3 Å². The highest BCUT2D eigenvalue weighted by Crippen LogP contribution is 2.19. The summed E-state index contributed by atoms with van der Waals surface area (Å²) in [6.45, 7) is 0.266. The van der Waals surface area contributed by atoms with E-state index in [0.29, 0.717) is 29.4 Å². The van der Waals surface area contributed by atoms with Crippen molar-refractivity contribution in [1.29, 1.82) is 5.26 Å². The molecule has 0 spiro atoms. The third kappa shape index (κ3) is 5.62. The normalized spacial score (nSPS) is 9.89. The first kappa shape index (κ1) is 18.0. The fourth-order valence-electron chi connectivity index (χ4n) is 2.27. The monoisotopic (exact) mass is 359 g/mol. The van der Waals surface area contributed by atoms with Crippen LogP contribution in [-0.2, 0) is 11.4 Å². The lowest BCUT2D eigenvalue weighted by Gasteiger charge is -2.09. The fourth-order valence-corrected chi connectivity index (χ4v) is 2.27. The molecule has 0 aliphatic rings. The molecule has 0 aliphatic carbocycles. The van der Waals surface area contributed by atoms with E-state index in [1.807, 2.05) is 36.4 Å². The highest BCUT2D eigenvalue weighted by molar-refractivity contribution is 5.74. The molecule has 0 saturated carbocycles. The quantitative estimate of drug-likeness (QED) is 0.469. The van der Waals surface area contributed by atoms with Crippen molar-refractivity contribution in [3.63, 3.8) is 0 Å². The molecule has 0 bridgehead atoms. The number of nitrogens with zero attached hydrogens (tertiary/aromatic N) is 1. The summed E-state index contributed by atoms with van der Waals surface area (Å²) in [7, 11) is 0. The number of benzene rings is 3. The van der Waals surface area contributed by atoms with E-state index in [-0.39, 0.29) is 6.61 Å². The summed E-state index contributed by atoms with van der Waals surface area (Å²) >= 11 is 0. The molecule has 0 heterocycles. The van der Waals surface area contributed by atoms with Crippen molar-refractivity contribution in [1.82, 2.24) is 0 Å².